The summed E-state index contributed by atoms with van der Waals surface area (Å²) in [5.41, 5.74) is 0.285. The van der Waals surface area contributed by atoms with E-state index < -0.39 is 42.3 Å². The van der Waals surface area contributed by atoms with Gasteiger partial charge in [0.15, 0.2) is 0 Å². The fourth-order valence-corrected chi connectivity index (χ4v) is 3.98. The maximum atomic E-state index is 13.9. The van der Waals surface area contributed by atoms with Crippen molar-refractivity contribution in [1.82, 2.24) is 15.1 Å². The minimum absolute atomic E-state index is 0.0424. The van der Waals surface area contributed by atoms with Gasteiger partial charge >= 0.3 is 6.18 Å². The molecular weight excluding hydrogens is 442 g/mol. The summed E-state index contributed by atoms with van der Waals surface area (Å²) >= 11 is 0. The number of nitrogens with one attached hydrogen (secondary N) is 2. The molecule has 2 heterocycles. The summed E-state index contributed by atoms with van der Waals surface area (Å²) in [5.74, 6) is -3.69. The number of alkyl halides is 3. The van der Waals surface area contributed by atoms with Gasteiger partial charge in [0.1, 0.15) is 12.4 Å². The zero-order valence-electron chi connectivity index (χ0n) is 16.7. The lowest BCUT2D eigenvalue weighted by Gasteiger charge is -2.41. The van der Waals surface area contributed by atoms with Crippen LogP contribution in [-0.4, -0.2) is 39.6 Å². The average molecular weight is 457 g/mol. The fraction of sp³-hybridized carbons (Fsp3) is 0.182. The van der Waals surface area contributed by atoms with Crippen LogP contribution in [0.4, 0.5) is 23.2 Å². The van der Waals surface area contributed by atoms with E-state index >= 15 is 0 Å². The van der Waals surface area contributed by atoms with Crippen LogP contribution in [0.3, 0.4) is 0 Å². The van der Waals surface area contributed by atoms with Crippen molar-refractivity contribution in [1.29, 1.82) is 5.26 Å². The highest BCUT2D eigenvalue weighted by atomic mass is 19.4. The van der Waals surface area contributed by atoms with Crippen molar-refractivity contribution in [3.63, 3.8) is 0 Å². The summed E-state index contributed by atoms with van der Waals surface area (Å²) in [5, 5.41) is 17.8. The number of nitrogens with zero attached hydrogens (tertiary/aromatic N) is 3. The molecular formula is C22H15F4N5O2. The summed E-state index contributed by atoms with van der Waals surface area (Å²) in [6.45, 7) is -1.58. The monoisotopic (exact) mass is 457 g/mol. The summed E-state index contributed by atoms with van der Waals surface area (Å²) in [6, 6.07) is 9.52. The van der Waals surface area contributed by atoms with Gasteiger partial charge in [-0.3, -0.25) is 14.7 Å². The topological polar surface area (TPSA) is 102 Å². The van der Waals surface area contributed by atoms with E-state index in [1.165, 1.54) is 36.7 Å². The van der Waals surface area contributed by atoms with E-state index in [2.05, 4.69) is 15.5 Å². The van der Waals surface area contributed by atoms with Gasteiger partial charge in [-0.25, -0.2) is 4.39 Å². The predicted octanol–water partition coefficient (Wildman–Crippen LogP) is 3.90. The highest BCUT2D eigenvalue weighted by Gasteiger charge is 2.48. The third-order valence-electron chi connectivity index (χ3n) is 5.23. The Kier molecular flexibility index (Phi) is 5.59. The van der Waals surface area contributed by atoms with Crippen molar-refractivity contribution in [2.24, 2.45) is 0 Å². The maximum Gasteiger partial charge on any atom is 0.406 e. The number of halogens is 4. The second-order valence-corrected chi connectivity index (χ2v) is 7.42. The van der Waals surface area contributed by atoms with Crippen LogP contribution in [-0.2, 0) is 4.79 Å². The molecule has 168 valence electrons. The Bertz CT molecular complexity index is 1250. The first-order chi connectivity index (χ1) is 15.7. The zero-order valence-corrected chi connectivity index (χ0v) is 16.7. The molecule has 2 N–H and O–H groups in total. The lowest BCUT2D eigenvalue weighted by molar-refractivity contribution is -0.148. The van der Waals surface area contributed by atoms with Gasteiger partial charge < -0.3 is 10.2 Å². The van der Waals surface area contributed by atoms with Crippen molar-refractivity contribution in [3.05, 3.63) is 82.9 Å². The SMILES string of the molecule is N#Cc1cc(F)cc(NC(=O)C2c3ccccc3C(=O)N(CC(F)(F)F)C2c2cn[nH]c2)c1. The molecule has 0 radical (unpaired) electrons. The lowest BCUT2D eigenvalue weighted by atomic mass is 9.79. The molecule has 4 rings (SSSR count). The number of H-pyrrole nitrogens is 1. The first-order valence-corrected chi connectivity index (χ1v) is 9.65. The molecule has 2 unspecified atom stereocenters. The number of benzene rings is 2. The normalized spacial score (nSPS) is 17.9. The quantitative estimate of drug-likeness (QED) is 0.580. The van der Waals surface area contributed by atoms with E-state index in [0.717, 1.165) is 12.1 Å². The van der Waals surface area contributed by atoms with Gasteiger partial charge in [0.2, 0.25) is 5.91 Å². The van der Waals surface area contributed by atoms with Crippen LogP contribution in [0.15, 0.2) is 54.9 Å². The molecule has 1 aromatic heterocycles. The molecule has 0 bridgehead atoms. The summed E-state index contributed by atoms with van der Waals surface area (Å²) in [4.78, 5) is 27.0. The Labute approximate surface area is 184 Å². The van der Waals surface area contributed by atoms with Gasteiger partial charge in [0.05, 0.1) is 29.8 Å². The number of aromatic nitrogens is 2. The van der Waals surface area contributed by atoms with E-state index in [9.17, 15) is 27.2 Å². The largest absolute Gasteiger partial charge is 0.406 e. The Morgan fingerprint density at radius 2 is 2.00 bits per heavy atom. The van der Waals surface area contributed by atoms with Gasteiger partial charge in [-0.15, -0.1) is 0 Å². The van der Waals surface area contributed by atoms with E-state index in [1.807, 2.05) is 0 Å². The van der Waals surface area contributed by atoms with Gasteiger partial charge in [0.25, 0.3) is 5.91 Å². The number of carbonyl (C=O) groups is 2. The molecule has 0 fully saturated rings. The molecule has 1 aliphatic heterocycles. The Morgan fingerprint density at radius 3 is 2.67 bits per heavy atom. The highest BCUT2D eigenvalue weighted by molar-refractivity contribution is 6.04. The number of fused-ring (bicyclic) bond motifs is 1. The fourth-order valence-electron chi connectivity index (χ4n) is 3.98. The Hall–Kier alpha value is -4.20. The molecule has 0 aliphatic carbocycles. The van der Waals surface area contributed by atoms with E-state index in [-0.39, 0.29) is 27.9 Å². The molecule has 2 amide bonds. The Balaban J connectivity index is 1.83. The lowest BCUT2D eigenvalue weighted by Crippen LogP contribution is -2.49. The molecule has 0 saturated carbocycles. The second kappa shape index (κ2) is 8.38. The summed E-state index contributed by atoms with van der Waals surface area (Å²) < 4.78 is 54.1. The van der Waals surface area contributed by atoms with Gasteiger partial charge in [-0.05, 0) is 29.8 Å². The Morgan fingerprint density at radius 1 is 1.24 bits per heavy atom. The molecule has 11 heteroatoms. The first kappa shape index (κ1) is 22.0. The maximum absolute atomic E-state index is 13.9. The number of amides is 2. The number of aromatic amines is 1. The number of carbonyl (C=O) groups excluding carboxylic acids is 2. The van der Waals surface area contributed by atoms with Crippen LogP contribution in [0.1, 0.15) is 39.0 Å². The van der Waals surface area contributed by atoms with Crippen molar-refractivity contribution in [2.45, 2.75) is 18.1 Å². The first-order valence-electron chi connectivity index (χ1n) is 9.65. The van der Waals surface area contributed by atoms with E-state index in [1.54, 1.807) is 12.1 Å². The number of nitriles is 1. The molecule has 1 aliphatic rings. The zero-order chi connectivity index (χ0) is 23.8. The summed E-state index contributed by atoms with van der Waals surface area (Å²) in [7, 11) is 0. The van der Waals surface area contributed by atoms with Crippen LogP contribution in [0.5, 0.6) is 0 Å². The predicted molar refractivity (Wildman–Crippen MR) is 107 cm³/mol. The van der Waals surface area contributed by atoms with Crippen molar-refractivity contribution in [2.75, 3.05) is 11.9 Å². The minimum Gasteiger partial charge on any atom is -0.325 e. The number of anilines is 1. The summed E-state index contributed by atoms with van der Waals surface area (Å²) in [6.07, 6.45) is -2.17. The van der Waals surface area contributed by atoms with E-state index in [0.29, 0.717) is 4.90 Å². The smallest absolute Gasteiger partial charge is 0.325 e. The minimum atomic E-state index is -4.73. The molecule has 0 spiro atoms. The van der Waals surface area contributed by atoms with Crippen LogP contribution >= 0.6 is 0 Å². The molecule has 2 aromatic carbocycles. The molecule has 33 heavy (non-hydrogen) atoms. The van der Waals surface area contributed by atoms with Gasteiger partial charge in [-0.2, -0.15) is 23.5 Å². The molecule has 7 nitrogen and oxygen atoms in total. The van der Waals surface area contributed by atoms with Crippen molar-refractivity contribution in [3.8, 4) is 6.07 Å². The average Bonchev–Trinajstić information content (AvgIpc) is 3.28. The van der Waals surface area contributed by atoms with Gasteiger partial charge in [0, 0.05) is 23.0 Å². The van der Waals surface area contributed by atoms with Crippen LogP contribution in [0.2, 0.25) is 0 Å². The number of hydrogen-bond acceptors (Lipinski definition) is 4. The van der Waals surface area contributed by atoms with Gasteiger partial charge in [-0.1, -0.05) is 18.2 Å². The van der Waals surface area contributed by atoms with E-state index in [4.69, 9.17) is 5.26 Å². The van der Waals surface area contributed by atoms with Crippen LogP contribution < -0.4 is 5.32 Å². The van der Waals surface area contributed by atoms with Crippen molar-refractivity contribution < 1.29 is 27.2 Å². The molecule has 3 aromatic rings. The van der Waals surface area contributed by atoms with Crippen LogP contribution in [0.25, 0.3) is 0 Å². The highest BCUT2D eigenvalue weighted by Crippen LogP contribution is 2.44. The number of rotatable bonds is 4. The molecule has 2 atom stereocenters. The third kappa shape index (κ3) is 4.41. The standard InChI is InChI=1S/C22H15F4N5O2/c23-14-5-12(8-27)6-15(7-14)30-20(32)18-16-3-1-2-4-17(16)21(33)31(11-22(24,25)26)19(18)13-9-28-29-10-13/h1-7,9-10,18-19H,11H2,(H,28,29)(H,30,32). The second-order valence-electron chi connectivity index (χ2n) is 7.42. The third-order valence-corrected chi connectivity index (χ3v) is 5.23. The van der Waals surface area contributed by atoms with Crippen molar-refractivity contribution >= 4 is 17.5 Å². The van der Waals surface area contributed by atoms with Crippen LogP contribution in [0, 0.1) is 17.1 Å². The molecule has 0 saturated heterocycles. The number of hydrogen-bond donors (Lipinski definition) is 2.